The molecule has 2 atom stereocenters. The van der Waals surface area contributed by atoms with Crippen LogP contribution >= 0.6 is 0 Å². The van der Waals surface area contributed by atoms with Crippen molar-refractivity contribution in [3.05, 3.63) is 107 Å². The molecule has 2 unspecified atom stereocenters. The fourth-order valence-corrected chi connectivity index (χ4v) is 4.00. The maximum atomic E-state index is 13.9. The lowest BCUT2D eigenvalue weighted by Gasteiger charge is -2.18. The molecule has 1 heterocycles. The molecule has 3 aromatic carbocycles. The highest BCUT2D eigenvalue weighted by molar-refractivity contribution is 5.95. The average Bonchev–Trinajstić information content (AvgIpc) is 3.24. The summed E-state index contributed by atoms with van der Waals surface area (Å²) in [5, 5.41) is 2.94. The summed E-state index contributed by atoms with van der Waals surface area (Å²) in [5.41, 5.74) is 1.99. The number of likely N-dealkylation sites (tertiary alicyclic amines) is 1. The predicted octanol–water partition coefficient (Wildman–Crippen LogP) is 4.14. The van der Waals surface area contributed by atoms with Crippen LogP contribution in [0.1, 0.15) is 27.4 Å². The van der Waals surface area contributed by atoms with Crippen molar-refractivity contribution in [3.8, 4) is 0 Å². The van der Waals surface area contributed by atoms with Gasteiger partial charge in [-0.3, -0.25) is 9.59 Å². The van der Waals surface area contributed by atoms with Crippen LogP contribution in [0.3, 0.4) is 0 Å². The summed E-state index contributed by atoms with van der Waals surface area (Å²) in [5.74, 6) is -2.13. The number of nitrogens with one attached hydrogen (secondary N) is 1. The Labute approximate surface area is 179 Å². The van der Waals surface area contributed by atoms with E-state index in [2.05, 4.69) is 5.32 Å². The second kappa shape index (κ2) is 9.08. The topological polar surface area (TPSA) is 49.4 Å². The molecule has 6 heteroatoms. The third-order valence-corrected chi connectivity index (χ3v) is 5.62. The summed E-state index contributed by atoms with van der Waals surface area (Å²) in [6.45, 7) is 0.860. The van der Waals surface area contributed by atoms with Gasteiger partial charge in [0, 0.05) is 31.1 Å². The van der Waals surface area contributed by atoms with Crippen molar-refractivity contribution in [2.75, 3.05) is 13.1 Å². The molecule has 31 heavy (non-hydrogen) atoms. The number of carbonyl (C=O) groups excluding carboxylic acids is 2. The number of amides is 2. The Morgan fingerprint density at radius 2 is 1.61 bits per heavy atom. The van der Waals surface area contributed by atoms with Gasteiger partial charge < -0.3 is 10.2 Å². The van der Waals surface area contributed by atoms with Crippen molar-refractivity contribution in [1.82, 2.24) is 10.2 Å². The van der Waals surface area contributed by atoms with Crippen molar-refractivity contribution < 1.29 is 18.4 Å². The van der Waals surface area contributed by atoms with Crippen molar-refractivity contribution in [2.45, 2.75) is 12.5 Å². The maximum Gasteiger partial charge on any atom is 0.253 e. The lowest BCUT2D eigenvalue weighted by Crippen LogP contribution is -2.35. The van der Waals surface area contributed by atoms with Crippen LogP contribution in [-0.4, -0.2) is 29.8 Å². The molecule has 0 aliphatic carbocycles. The van der Waals surface area contributed by atoms with Crippen LogP contribution < -0.4 is 5.32 Å². The van der Waals surface area contributed by atoms with Crippen molar-refractivity contribution in [2.24, 2.45) is 5.92 Å². The number of nitrogens with zero attached hydrogens (tertiary/aromatic N) is 1. The fourth-order valence-electron chi connectivity index (χ4n) is 4.00. The molecule has 1 N–H and O–H groups in total. The van der Waals surface area contributed by atoms with E-state index in [1.54, 1.807) is 17.0 Å². The van der Waals surface area contributed by atoms with Crippen LogP contribution in [0.25, 0.3) is 0 Å². The van der Waals surface area contributed by atoms with Gasteiger partial charge >= 0.3 is 0 Å². The second-order valence-corrected chi connectivity index (χ2v) is 7.69. The molecule has 1 saturated heterocycles. The second-order valence-electron chi connectivity index (χ2n) is 7.69. The first-order chi connectivity index (χ1) is 15.0. The minimum atomic E-state index is -0.519. The summed E-state index contributed by atoms with van der Waals surface area (Å²) in [7, 11) is 0. The third kappa shape index (κ3) is 4.79. The van der Waals surface area contributed by atoms with E-state index in [0.717, 1.165) is 5.56 Å². The summed E-state index contributed by atoms with van der Waals surface area (Å²) in [4.78, 5) is 27.6. The first kappa shape index (κ1) is 20.7. The summed E-state index contributed by atoms with van der Waals surface area (Å²) >= 11 is 0. The highest BCUT2D eigenvalue weighted by atomic mass is 19.1. The van der Waals surface area contributed by atoms with Crippen molar-refractivity contribution in [1.29, 1.82) is 0 Å². The molecule has 1 aliphatic heterocycles. The zero-order valence-electron chi connectivity index (χ0n) is 16.8. The van der Waals surface area contributed by atoms with Gasteiger partial charge in [0.15, 0.2) is 0 Å². The largest absolute Gasteiger partial charge is 0.352 e. The van der Waals surface area contributed by atoms with Gasteiger partial charge in [-0.1, -0.05) is 42.5 Å². The van der Waals surface area contributed by atoms with Gasteiger partial charge in [0.25, 0.3) is 5.91 Å². The SMILES string of the molecule is O=C(NCc1ccccc1)C1CN(C(=O)c2ccc(F)cc2)CC1c1cccc(F)c1. The lowest BCUT2D eigenvalue weighted by molar-refractivity contribution is -0.125. The molecular formula is C25H22F2N2O2. The van der Waals surface area contributed by atoms with Gasteiger partial charge in [0.2, 0.25) is 5.91 Å². The molecular weight excluding hydrogens is 398 g/mol. The Bertz CT molecular complexity index is 1070. The molecule has 0 bridgehead atoms. The average molecular weight is 420 g/mol. The number of carbonyl (C=O) groups is 2. The highest BCUT2D eigenvalue weighted by Crippen LogP contribution is 2.34. The zero-order chi connectivity index (χ0) is 21.8. The third-order valence-electron chi connectivity index (χ3n) is 5.62. The van der Waals surface area contributed by atoms with Gasteiger partial charge in [-0.05, 0) is 47.5 Å². The number of hydrogen-bond donors (Lipinski definition) is 1. The molecule has 0 aromatic heterocycles. The summed E-state index contributed by atoms with van der Waals surface area (Å²) in [6.07, 6.45) is 0. The van der Waals surface area contributed by atoms with E-state index in [0.29, 0.717) is 17.7 Å². The van der Waals surface area contributed by atoms with Gasteiger partial charge in [0.1, 0.15) is 11.6 Å². The van der Waals surface area contributed by atoms with E-state index < -0.39 is 11.7 Å². The fraction of sp³-hybridized carbons (Fsp3) is 0.200. The molecule has 3 aromatic rings. The monoisotopic (exact) mass is 420 g/mol. The number of halogens is 2. The van der Waals surface area contributed by atoms with Crippen LogP contribution in [0.2, 0.25) is 0 Å². The van der Waals surface area contributed by atoms with E-state index in [-0.39, 0.29) is 36.6 Å². The maximum absolute atomic E-state index is 13.9. The molecule has 0 radical (unpaired) electrons. The van der Waals surface area contributed by atoms with Crippen molar-refractivity contribution >= 4 is 11.8 Å². The summed E-state index contributed by atoms with van der Waals surface area (Å²) in [6, 6.07) is 21.0. The molecule has 158 valence electrons. The Hall–Kier alpha value is -3.54. The van der Waals surface area contributed by atoms with Crippen LogP contribution in [0.4, 0.5) is 8.78 Å². The number of rotatable bonds is 5. The van der Waals surface area contributed by atoms with E-state index in [4.69, 9.17) is 0 Å². The van der Waals surface area contributed by atoms with Crippen LogP contribution in [-0.2, 0) is 11.3 Å². The van der Waals surface area contributed by atoms with Gasteiger partial charge in [0.05, 0.1) is 5.92 Å². The highest BCUT2D eigenvalue weighted by Gasteiger charge is 2.40. The molecule has 1 aliphatic rings. The Balaban J connectivity index is 1.55. The first-order valence-corrected chi connectivity index (χ1v) is 10.1. The van der Waals surface area contributed by atoms with Crippen molar-refractivity contribution in [3.63, 3.8) is 0 Å². The minimum Gasteiger partial charge on any atom is -0.352 e. The Morgan fingerprint density at radius 1 is 0.871 bits per heavy atom. The molecule has 4 rings (SSSR count). The van der Waals surface area contributed by atoms with Gasteiger partial charge in [-0.2, -0.15) is 0 Å². The Kier molecular flexibility index (Phi) is 6.07. The normalized spacial score (nSPS) is 18.1. The quantitative estimate of drug-likeness (QED) is 0.675. The summed E-state index contributed by atoms with van der Waals surface area (Å²) < 4.78 is 27.1. The van der Waals surface area contributed by atoms with E-state index in [1.165, 1.54) is 36.4 Å². The van der Waals surface area contributed by atoms with Crippen LogP contribution in [0, 0.1) is 17.6 Å². The lowest BCUT2D eigenvalue weighted by atomic mass is 9.88. The molecule has 4 nitrogen and oxygen atoms in total. The molecule has 1 fully saturated rings. The Morgan fingerprint density at radius 3 is 2.32 bits per heavy atom. The van der Waals surface area contributed by atoms with E-state index >= 15 is 0 Å². The zero-order valence-corrected chi connectivity index (χ0v) is 16.8. The van der Waals surface area contributed by atoms with Gasteiger partial charge in [-0.25, -0.2) is 8.78 Å². The van der Waals surface area contributed by atoms with E-state index in [9.17, 15) is 18.4 Å². The standard InChI is InChI=1S/C25H22F2N2O2/c26-20-11-9-18(10-12-20)25(31)29-15-22(19-7-4-8-21(27)13-19)23(16-29)24(30)28-14-17-5-2-1-3-6-17/h1-13,22-23H,14-16H2,(H,28,30). The minimum absolute atomic E-state index is 0.187. The molecule has 0 spiro atoms. The molecule has 2 amide bonds. The van der Waals surface area contributed by atoms with Crippen LogP contribution in [0.5, 0.6) is 0 Å². The first-order valence-electron chi connectivity index (χ1n) is 10.1. The number of benzene rings is 3. The van der Waals surface area contributed by atoms with E-state index in [1.807, 2.05) is 30.3 Å². The number of hydrogen-bond acceptors (Lipinski definition) is 2. The van der Waals surface area contributed by atoms with Gasteiger partial charge in [-0.15, -0.1) is 0 Å². The molecule has 0 saturated carbocycles. The smallest absolute Gasteiger partial charge is 0.253 e. The predicted molar refractivity (Wildman–Crippen MR) is 113 cm³/mol. The van der Waals surface area contributed by atoms with Crippen LogP contribution in [0.15, 0.2) is 78.9 Å².